The third kappa shape index (κ3) is 16.4. The minimum atomic E-state index is -1.34. The number of ether oxygens (including phenoxy) is 1. The predicted octanol–water partition coefficient (Wildman–Crippen LogP) is -6.15. The predicted molar refractivity (Wildman–Crippen MR) is 201 cm³/mol. The van der Waals surface area contributed by atoms with E-state index < -0.39 is 121 Å². The normalized spacial score (nSPS) is 19.2. The summed E-state index contributed by atoms with van der Waals surface area (Å²) in [6.07, 6.45) is -2.91. The maximum Gasteiger partial charge on any atom is 0.322 e. The van der Waals surface area contributed by atoms with Gasteiger partial charge in [0.2, 0.25) is 23.6 Å². The zero-order valence-corrected chi connectivity index (χ0v) is 32.3. The minimum Gasteiger partial charge on any atom is -0.480 e. The lowest BCUT2D eigenvalue weighted by Gasteiger charge is -2.20. The highest BCUT2D eigenvalue weighted by molar-refractivity contribution is 8.76. The van der Waals surface area contributed by atoms with E-state index in [0.717, 1.165) is 21.6 Å². The summed E-state index contributed by atoms with van der Waals surface area (Å²) in [5, 5.41) is 72.7. The van der Waals surface area contributed by atoms with E-state index in [0.29, 0.717) is 0 Å². The number of imidazole rings is 1. The molecule has 0 bridgehead atoms. The van der Waals surface area contributed by atoms with Crippen LogP contribution < -0.4 is 38.3 Å². The number of aliphatic hydroxyl groups is 3. The summed E-state index contributed by atoms with van der Waals surface area (Å²) in [7, 11) is 1.89. The van der Waals surface area contributed by atoms with Crippen LogP contribution in [-0.4, -0.2) is 176 Å². The summed E-state index contributed by atoms with van der Waals surface area (Å²) < 4.78 is 6.70. The van der Waals surface area contributed by atoms with Gasteiger partial charge in [-0.05, 0) is 12.8 Å². The molecule has 29 heteroatoms. The van der Waals surface area contributed by atoms with Gasteiger partial charge in [0.15, 0.2) is 17.4 Å². The van der Waals surface area contributed by atoms with Gasteiger partial charge in [0, 0.05) is 24.3 Å². The zero-order valence-electron chi connectivity index (χ0n) is 30.7. The van der Waals surface area contributed by atoms with Gasteiger partial charge in [-0.25, -0.2) is 9.97 Å². The number of carbonyl (C=O) groups excluding carboxylic acids is 4. The smallest absolute Gasteiger partial charge is 0.322 e. The first-order valence-corrected chi connectivity index (χ1v) is 19.6. The topological polar surface area (TPSA) is 451 Å². The van der Waals surface area contributed by atoms with Gasteiger partial charge < -0.3 is 78.2 Å². The minimum absolute atomic E-state index is 0.111. The number of carboxylic acids is 4. The van der Waals surface area contributed by atoms with E-state index in [1.165, 1.54) is 17.2 Å². The maximum atomic E-state index is 12.4. The fourth-order valence-electron chi connectivity index (χ4n) is 4.68. The number of nitrogens with one attached hydrogen (secondary N) is 5. The van der Waals surface area contributed by atoms with E-state index in [1.807, 2.05) is 0 Å². The van der Waals surface area contributed by atoms with Crippen LogP contribution in [0.3, 0.4) is 0 Å². The van der Waals surface area contributed by atoms with Gasteiger partial charge in [0.05, 0.1) is 19.3 Å². The van der Waals surface area contributed by atoms with Gasteiger partial charge in [0.1, 0.15) is 55.6 Å². The van der Waals surface area contributed by atoms with E-state index in [9.17, 15) is 53.4 Å². The average molecular weight is 881 g/mol. The van der Waals surface area contributed by atoms with Gasteiger partial charge in [-0.3, -0.25) is 47.7 Å². The molecule has 0 radical (unpaired) electrons. The molecule has 328 valence electrons. The fraction of sp³-hybridized carbons (Fsp3) is 0.567. The standard InChI is InChI=1S/C20H32N6O12S2.C10H12N4O5/c21-9(19(35)36)1-3-13(27)25-11(17(33)23-5-15(29)30)7-39-40-8-12(18(34)24-6-16(31)32)26-14(28)4-2-10(22)20(37)38;15-1-4-6(16)7(17)10(19-4)14-3-13-5-8(14)11-2-12-9(5)18/h9-12H,1-8,21-22H2,(H,23,33)(H,24,34)(H,25,27)(H,26,28)(H,29,30)(H,31,32)(H,35,36)(H,37,38);2-4,6-7,10,15-17H,1H2,(H,11,12,18)/t;4-,6-,7-,10?/m.0/s1. The lowest BCUT2D eigenvalue weighted by Crippen LogP contribution is -2.50. The Balaban J connectivity index is 0.000000516. The van der Waals surface area contributed by atoms with Gasteiger partial charge >= 0.3 is 23.9 Å². The summed E-state index contributed by atoms with van der Waals surface area (Å²) >= 11 is 0. The van der Waals surface area contributed by atoms with E-state index in [-0.39, 0.29) is 48.4 Å². The van der Waals surface area contributed by atoms with Crippen LogP contribution in [0.25, 0.3) is 11.2 Å². The molecule has 1 saturated heterocycles. The first kappa shape index (κ1) is 49.7. The lowest BCUT2D eigenvalue weighted by atomic mass is 10.1. The van der Waals surface area contributed by atoms with Gasteiger partial charge in [0.25, 0.3) is 5.56 Å². The molecule has 4 amide bonds. The van der Waals surface area contributed by atoms with Crippen molar-refractivity contribution in [3.8, 4) is 0 Å². The number of hydrogen-bond acceptors (Lipinski definition) is 19. The van der Waals surface area contributed by atoms with Crippen molar-refractivity contribution in [3.05, 3.63) is 23.0 Å². The first-order chi connectivity index (χ1) is 27.8. The van der Waals surface area contributed by atoms with Gasteiger partial charge in [-0.2, -0.15) is 0 Å². The second-order valence-electron chi connectivity index (χ2n) is 12.3. The summed E-state index contributed by atoms with van der Waals surface area (Å²) in [5.41, 5.74) is 10.6. The second kappa shape index (κ2) is 24.5. The maximum absolute atomic E-state index is 12.4. The number of aliphatic hydroxyl groups excluding tert-OH is 3. The Morgan fingerprint density at radius 1 is 0.797 bits per heavy atom. The van der Waals surface area contributed by atoms with E-state index >= 15 is 0 Å². The van der Waals surface area contributed by atoms with Gasteiger partial charge in [-0.1, -0.05) is 21.6 Å². The van der Waals surface area contributed by atoms with Crippen LogP contribution >= 0.6 is 21.6 Å². The van der Waals surface area contributed by atoms with Crippen LogP contribution in [0.5, 0.6) is 0 Å². The lowest BCUT2D eigenvalue weighted by molar-refractivity contribution is -0.140. The Kier molecular flexibility index (Phi) is 20.6. The van der Waals surface area contributed by atoms with Crippen LogP contribution in [0, 0.1) is 0 Å². The number of aromatic nitrogens is 4. The van der Waals surface area contributed by atoms with Crippen LogP contribution in [0.4, 0.5) is 0 Å². The summed E-state index contributed by atoms with van der Waals surface area (Å²) in [4.78, 5) is 114. The molecule has 0 aromatic carbocycles. The monoisotopic (exact) mass is 880 g/mol. The number of nitrogens with two attached hydrogens (primary N) is 2. The van der Waals surface area contributed by atoms with Crippen molar-refractivity contribution in [2.75, 3.05) is 31.2 Å². The number of H-pyrrole nitrogens is 1. The molecule has 0 saturated carbocycles. The number of nitrogens with zero attached hydrogens (tertiary/aromatic N) is 3. The molecular weight excluding hydrogens is 837 g/mol. The highest BCUT2D eigenvalue weighted by Crippen LogP contribution is 2.30. The van der Waals surface area contributed by atoms with Crippen molar-refractivity contribution in [3.63, 3.8) is 0 Å². The number of carboxylic acid groups (broad SMARTS) is 4. The number of aliphatic carboxylic acids is 4. The third-order valence-electron chi connectivity index (χ3n) is 7.84. The molecule has 2 aromatic rings. The fourth-order valence-corrected chi connectivity index (χ4v) is 7.01. The molecule has 1 fully saturated rings. The number of aromatic amines is 1. The molecule has 5 unspecified atom stereocenters. The largest absolute Gasteiger partial charge is 0.480 e. The molecule has 59 heavy (non-hydrogen) atoms. The molecule has 27 nitrogen and oxygen atoms in total. The van der Waals surface area contributed by atoms with Crippen LogP contribution in [0.1, 0.15) is 31.9 Å². The van der Waals surface area contributed by atoms with Crippen molar-refractivity contribution in [2.24, 2.45) is 11.5 Å². The van der Waals surface area contributed by atoms with Gasteiger partial charge in [-0.15, -0.1) is 0 Å². The highest BCUT2D eigenvalue weighted by atomic mass is 33.1. The highest BCUT2D eigenvalue weighted by Gasteiger charge is 2.44. The Labute approximate surface area is 339 Å². The number of hydrogen-bond donors (Lipinski definition) is 14. The third-order valence-corrected chi connectivity index (χ3v) is 10.3. The van der Waals surface area contributed by atoms with E-state index in [1.54, 1.807) is 0 Å². The summed E-state index contributed by atoms with van der Waals surface area (Å²) in [6, 6.07) is -5.16. The molecule has 2 aromatic heterocycles. The SMILES string of the molecule is NC(CCC(=O)NC(CSSCC(NC(=O)CCC(N)C(=O)O)C(=O)NCC(=O)O)C(=O)NCC(=O)O)C(=O)O.O=c1[nH]cnc2c1ncn2C1O[C@@H](CO)[C@H](O)[C@@H]1O. The Morgan fingerprint density at radius 3 is 1.68 bits per heavy atom. The summed E-state index contributed by atoms with van der Waals surface area (Å²) in [5.74, 6) is -8.81. The Morgan fingerprint density at radius 2 is 1.27 bits per heavy atom. The zero-order chi connectivity index (χ0) is 44.4. The van der Waals surface area contributed by atoms with Crippen molar-refractivity contribution >= 4 is 80.3 Å². The van der Waals surface area contributed by atoms with Crippen molar-refractivity contribution < 1.29 is 78.8 Å². The Bertz CT molecular complexity index is 1790. The number of carbonyl (C=O) groups is 8. The summed E-state index contributed by atoms with van der Waals surface area (Å²) in [6.45, 7) is -1.90. The van der Waals surface area contributed by atoms with E-state index in [4.69, 9.17) is 41.7 Å². The van der Waals surface area contributed by atoms with Crippen LogP contribution in [-0.2, 0) is 43.1 Å². The first-order valence-electron chi connectivity index (χ1n) is 17.1. The Hall–Kier alpha value is -5.43. The number of fused-ring (bicyclic) bond motifs is 1. The van der Waals surface area contributed by atoms with E-state index in [2.05, 4.69) is 36.2 Å². The second-order valence-corrected chi connectivity index (χ2v) is 14.8. The number of rotatable bonds is 23. The molecule has 3 rings (SSSR count). The molecule has 0 aliphatic carbocycles. The molecular formula is C30H44N10O17S2. The van der Waals surface area contributed by atoms with Crippen molar-refractivity contribution in [2.45, 2.75) is 74.4 Å². The molecule has 1 aliphatic heterocycles. The average Bonchev–Trinajstić information content (AvgIpc) is 3.74. The van der Waals surface area contributed by atoms with Crippen LogP contribution in [0.15, 0.2) is 17.4 Å². The molecule has 3 heterocycles. The molecule has 0 spiro atoms. The molecule has 16 N–H and O–H groups in total. The van der Waals surface area contributed by atoms with Crippen molar-refractivity contribution in [1.82, 2.24) is 40.8 Å². The molecule has 8 atom stereocenters. The molecule has 1 aliphatic rings. The number of amides is 4. The quantitative estimate of drug-likeness (QED) is 0.0365. The van der Waals surface area contributed by atoms with Crippen LogP contribution in [0.2, 0.25) is 0 Å². The van der Waals surface area contributed by atoms with Crippen molar-refractivity contribution in [1.29, 1.82) is 0 Å².